The summed E-state index contributed by atoms with van der Waals surface area (Å²) in [5.74, 6) is 0.712. The molecule has 0 aliphatic rings. The average Bonchev–Trinajstić information content (AvgIpc) is 3.78. The maximum absolute atomic E-state index is 8.68. The van der Waals surface area contributed by atoms with Crippen molar-refractivity contribution in [3.05, 3.63) is 170 Å². The Bertz CT molecular complexity index is 3130. The summed E-state index contributed by atoms with van der Waals surface area (Å²) in [6.45, 7) is 0. The first-order valence-corrected chi connectivity index (χ1v) is 17.1. The van der Waals surface area contributed by atoms with Crippen molar-refractivity contribution in [3.63, 3.8) is 0 Å². The number of thiophene rings is 1. The molecule has 0 amide bonds. The summed E-state index contributed by atoms with van der Waals surface area (Å²) in [6, 6.07) is 45.6. The third kappa shape index (κ3) is 4.71. The van der Waals surface area contributed by atoms with Crippen LogP contribution >= 0.6 is 11.3 Å². The second kappa shape index (κ2) is 11.6. The molecule has 7 aromatic carbocycles. The van der Waals surface area contributed by atoms with E-state index in [1.807, 2.05) is 48.5 Å². The standard InChI is InChI=1S/C45H28N4S/c1-4-13-29(14-5-1)43-46-44(30-15-6-2-7-16-30)48-45(47-43)36-20-12-22-40-42(36)35-25-23-32(28-41(35)50-40)31-24-26-39-37(27-31)34-19-10-11-21-38(34)49(39)33-17-8-3-9-18-33/h1-28H/i1D,4D,5D,13D,14D. The molecular formula is C45H28N4S. The minimum atomic E-state index is -0.468. The zero-order valence-electron chi connectivity index (χ0n) is 31.5. The highest BCUT2D eigenvalue weighted by Crippen LogP contribution is 2.42. The molecular weight excluding hydrogens is 629 g/mol. The first-order chi connectivity index (χ1) is 26.9. The van der Waals surface area contributed by atoms with Crippen LogP contribution in [0.2, 0.25) is 0 Å². The van der Waals surface area contributed by atoms with Crippen molar-refractivity contribution < 1.29 is 6.85 Å². The van der Waals surface area contributed by atoms with Gasteiger partial charge in [-0.1, -0.05) is 127 Å². The van der Waals surface area contributed by atoms with Gasteiger partial charge in [-0.05, 0) is 53.6 Å². The van der Waals surface area contributed by atoms with Crippen molar-refractivity contribution in [3.8, 4) is 51.0 Å². The largest absolute Gasteiger partial charge is 0.309 e. The topological polar surface area (TPSA) is 43.6 Å². The molecule has 0 spiro atoms. The fourth-order valence-corrected chi connectivity index (χ4v) is 8.06. The predicted molar refractivity (Wildman–Crippen MR) is 209 cm³/mol. The van der Waals surface area contributed by atoms with Crippen LogP contribution in [0.25, 0.3) is 93.0 Å². The van der Waals surface area contributed by atoms with Gasteiger partial charge in [0.15, 0.2) is 17.5 Å². The molecule has 0 fully saturated rings. The molecule has 5 heteroatoms. The fourth-order valence-electron chi connectivity index (χ4n) is 6.89. The Hall–Kier alpha value is -6.43. The Kier molecular flexibility index (Phi) is 5.54. The number of benzene rings is 7. The van der Waals surface area contributed by atoms with Crippen molar-refractivity contribution >= 4 is 53.3 Å². The van der Waals surface area contributed by atoms with E-state index in [-0.39, 0.29) is 23.5 Å². The molecule has 0 radical (unpaired) electrons. The van der Waals surface area contributed by atoms with Crippen LogP contribution < -0.4 is 0 Å². The third-order valence-corrected chi connectivity index (χ3v) is 10.3. The van der Waals surface area contributed by atoms with Crippen molar-refractivity contribution in [2.24, 2.45) is 0 Å². The summed E-state index contributed by atoms with van der Waals surface area (Å²) < 4.78 is 46.6. The predicted octanol–water partition coefficient (Wildman–Crippen LogP) is 12.0. The molecule has 4 nitrogen and oxygen atoms in total. The molecule has 0 aliphatic carbocycles. The minimum absolute atomic E-state index is 0.0173. The van der Waals surface area contributed by atoms with Crippen molar-refractivity contribution in [1.29, 1.82) is 0 Å². The molecule has 0 unspecified atom stereocenters. The van der Waals surface area contributed by atoms with Gasteiger partial charge in [-0.25, -0.2) is 15.0 Å². The first kappa shape index (κ1) is 23.8. The number of fused-ring (bicyclic) bond motifs is 6. The van der Waals surface area contributed by atoms with Crippen LogP contribution in [0.4, 0.5) is 0 Å². The molecule has 0 bridgehead atoms. The number of rotatable bonds is 5. The van der Waals surface area contributed by atoms with Crippen LogP contribution in [0, 0.1) is 0 Å². The van der Waals surface area contributed by atoms with E-state index >= 15 is 0 Å². The van der Waals surface area contributed by atoms with Gasteiger partial charge < -0.3 is 4.57 Å². The zero-order chi connectivity index (χ0) is 37.4. The lowest BCUT2D eigenvalue weighted by Crippen LogP contribution is -2.00. The maximum atomic E-state index is 8.68. The van der Waals surface area contributed by atoms with E-state index in [2.05, 4.69) is 101 Å². The van der Waals surface area contributed by atoms with E-state index in [1.54, 1.807) is 11.3 Å². The van der Waals surface area contributed by atoms with Gasteiger partial charge >= 0.3 is 0 Å². The molecule has 0 N–H and O–H groups in total. The van der Waals surface area contributed by atoms with Gasteiger partial charge in [0.2, 0.25) is 0 Å². The van der Waals surface area contributed by atoms with E-state index in [0.717, 1.165) is 59.1 Å². The van der Waals surface area contributed by atoms with Crippen LogP contribution in [-0.4, -0.2) is 19.5 Å². The van der Waals surface area contributed by atoms with Gasteiger partial charge in [0.05, 0.1) is 17.9 Å². The lowest BCUT2D eigenvalue weighted by Gasteiger charge is -2.09. The molecule has 0 atom stereocenters. The Morgan fingerprint density at radius 3 is 1.98 bits per heavy atom. The van der Waals surface area contributed by atoms with Gasteiger partial charge in [0.1, 0.15) is 0 Å². The number of hydrogen-bond donors (Lipinski definition) is 0. The Balaban J connectivity index is 1.14. The van der Waals surface area contributed by atoms with Crippen molar-refractivity contribution in [1.82, 2.24) is 19.5 Å². The summed E-state index contributed by atoms with van der Waals surface area (Å²) in [4.78, 5) is 14.4. The third-order valence-electron chi connectivity index (χ3n) is 9.15. The molecule has 10 aromatic rings. The Morgan fingerprint density at radius 1 is 0.460 bits per heavy atom. The molecule has 3 aromatic heterocycles. The fraction of sp³-hybridized carbons (Fsp3) is 0. The normalized spacial score (nSPS) is 13.0. The van der Waals surface area contributed by atoms with E-state index in [4.69, 9.17) is 16.8 Å². The minimum Gasteiger partial charge on any atom is -0.309 e. The zero-order valence-corrected chi connectivity index (χ0v) is 27.3. The smallest absolute Gasteiger partial charge is 0.164 e. The van der Waals surface area contributed by atoms with Gasteiger partial charge in [-0.2, -0.15) is 0 Å². The highest BCUT2D eigenvalue weighted by Gasteiger charge is 2.18. The van der Waals surface area contributed by atoms with Gasteiger partial charge in [0.25, 0.3) is 0 Å². The van der Waals surface area contributed by atoms with Crippen LogP contribution in [0.5, 0.6) is 0 Å². The van der Waals surface area contributed by atoms with Gasteiger partial charge in [-0.15, -0.1) is 11.3 Å². The van der Waals surface area contributed by atoms with E-state index in [1.165, 1.54) is 10.8 Å². The summed E-state index contributed by atoms with van der Waals surface area (Å²) in [5.41, 5.74) is 7.08. The monoisotopic (exact) mass is 661 g/mol. The number of aromatic nitrogens is 4. The lowest BCUT2D eigenvalue weighted by molar-refractivity contribution is 1.08. The van der Waals surface area contributed by atoms with E-state index in [0.29, 0.717) is 11.6 Å². The highest BCUT2D eigenvalue weighted by molar-refractivity contribution is 7.26. The summed E-state index contributed by atoms with van der Waals surface area (Å²) in [6.07, 6.45) is 0. The molecule has 0 saturated heterocycles. The van der Waals surface area contributed by atoms with Gasteiger partial charge in [0, 0.05) is 53.3 Å². The van der Waals surface area contributed by atoms with Crippen LogP contribution in [0.3, 0.4) is 0 Å². The lowest BCUT2D eigenvalue weighted by atomic mass is 10.00. The number of hydrogen-bond acceptors (Lipinski definition) is 4. The molecule has 50 heavy (non-hydrogen) atoms. The highest BCUT2D eigenvalue weighted by atomic mass is 32.1. The summed E-state index contributed by atoms with van der Waals surface area (Å²) in [5, 5.41) is 4.42. The van der Waals surface area contributed by atoms with Crippen LogP contribution in [0.15, 0.2) is 170 Å². The number of nitrogens with zero attached hydrogens (tertiary/aromatic N) is 4. The van der Waals surface area contributed by atoms with Gasteiger partial charge in [-0.3, -0.25) is 0 Å². The second-order valence-electron chi connectivity index (χ2n) is 12.1. The molecule has 0 saturated carbocycles. The average molecular weight is 662 g/mol. The summed E-state index contributed by atoms with van der Waals surface area (Å²) >= 11 is 1.69. The van der Waals surface area contributed by atoms with E-state index < -0.39 is 18.1 Å². The molecule has 3 heterocycles. The Morgan fingerprint density at radius 2 is 1.14 bits per heavy atom. The SMILES string of the molecule is [2H]c1c([2H])c([2H])c(-c2nc(-c3ccccc3)nc(-c3cccc4sc5cc(-c6ccc7c(c6)c6ccccc6n7-c6ccccc6)ccc5c34)n2)c([2H])c1[2H]. The van der Waals surface area contributed by atoms with E-state index in [9.17, 15) is 0 Å². The maximum Gasteiger partial charge on any atom is 0.164 e. The number of para-hydroxylation sites is 2. The van der Waals surface area contributed by atoms with Crippen LogP contribution in [-0.2, 0) is 0 Å². The molecule has 0 aliphatic heterocycles. The molecule has 234 valence electrons. The second-order valence-corrected chi connectivity index (χ2v) is 13.2. The first-order valence-electron chi connectivity index (χ1n) is 18.8. The molecule has 10 rings (SSSR count). The quantitative estimate of drug-likeness (QED) is 0.184. The Labute approximate surface area is 299 Å². The van der Waals surface area contributed by atoms with Crippen LogP contribution in [0.1, 0.15) is 6.85 Å². The summed E-state index contributed by atoms with van der Waals surface area (Å²) in [7, 11) is 0. The van der Waals surface area contributed by atoms with Crippen molar-refractivity contribution in [2.45, 2.75) is 0 Å². The van der Waals surface area contributed by atoms with Crippen molar-refractivity contribution in [2.75, 3.05) is 0 Å².